The van der Waals surface area contributed by atoms with Crippen molar-refractivity contribution in [1.29, 1.82) is 0 Å². The van der Waals surface area contributed by atoms with Crippen molar-refractivity contribution in [3.05, 3.63) is 33.8 Å². The number of halogens is 2. The van der Waals surface area contributed by atoms with Gasteiger partial charge in [0.25, 0.3) is 0 Å². The van der Waals surface area contributed by atoms with Crippen LogP contribution >= 0.6 is 23.2 Å². The van der Waals surface area contributed by atoms with Gasteiger partial charge in [-0.2, -0.15) is 0 Å². The van der Waals surface area contributed by atoms with Crippen molar-refractivity contribution in [2.75, 3.05) is 6.61 Å². The molecule has 1 aromatic rings. The molecule has 0 aliphatic heterocycles. The Morgan fingerprint density at radius 1 is 1.27 bits per heavy atom. The molecule has 3 nitrogen and oxygen atoms in total. The summed E-state index contributed by atoms with van der Waals surface area (Å²) in [5, 5.41) is 10.4. The summed E-state index contributed by atoms with van der Waals surface area (Å²) in [5.41, 5.74) is 0.653. The first-order chi connectivity index (χ1) is 9.95. The molecule has 0 aromatic heterocycles. The molecule has 0 bridgehead atoms. The second kappa shape index (κ2) is 7.34. The number of carbonyl (C=O) groups is 1. The summed E-state index contributed by atoms with van der Waals surface area (Å²) in [5.74, 6) is -1.52. The van der Waals surface area contributed by atoms with E-state index in [9.17, 15) is 9.90 Å². The van der Waals surface area contributed by atoms with Crippen molar-refractivity contribution in [2.45, 2.75) is 51.2 Å². The molecule has 0 saturated carbocycles. The predicted octanol–water partition coefficient (Wildman–Crippen LogP) is 5.57. The summed E-state index contributed by atoms with van der Waals surface area (Å²) in [6, 6.07) is 4.96. The monoisotopic (exact) mass is 362 g/mol. The molecule has 1 aromatic carbocycles. The lowest BCUT2D eigenvalue weighted by Crippen LogP contribution is -2.41. The van der Waals surface area contributed by atoms with E-state index in [1.165, 1.54) is 0 Å². The quantitative estimate of drug-likeness (QED) is 0.672. The third-order valence-electron chi connectivity index (χ3n) is 4.32. The Labute approximate surface area is 143 Å². The first kappa shape index (κ1) is 19.5. The molecule has 0 aliphatic rings. The largest absolute Gasteiger partial charge is 0.481 e. The average molecular weight is 363 g/mol. The van der Waals surface area contributed by atoms with Gasteiger partial charge in [0.2, 0.25) is 0 Å². The van der Waals surface area contributed by atoms with E-state index in [2.05, 4.69) is 33.9 Å². The summed E-state index contributed by atoms with van der Waals surface area (Å²) in [6.45, 7) is 11.2. The third kappa shape index (κ3) is 4.98. The van der Waals surface area contributed by atoms with Crippen LogP contribution < -0.4 is 0 Å². The Morgan fingerprint density at radius 3 is 2.32 bits per heavy atom. The average Bonchev–Trinajstić information content (AvgIpc) is 2.36. The Hall–Kier alpha value is -0.553. The fourth-order valence-electron chi connectivity index (χ4n) is 1.81. The van der Waals surface area contributed by atoms with Crippen molar-refractivity contribution >= 4 is 37.5 Å². The molecule has 124 valence electrons. The van der Waals surface area contributed by atoms with Gasteiger partial charge in [0.05, 0.1) is 16.0 Å². The first-order valence-corrected chi connectivity index (χ1v) is 10.9. The van der Waals surface area contributed by atoms with Gasteiger partial charge in [-0.05, 0) is 42.2 Å². The molecule has 0 unspecified atom stereocenters. The molecular weight excluding hydrogens is 339 g/mol. The smallest absolute Gasteiger partial charge is 0.311 e. The molecule has 1 N–H and O–H groups in total. The van der Waals surface area contributed by atoms with Crippen LogP contribution in [0.3, 0.4) is 0 Å². The zero-order valence-electron chi connectivity index (χ0n) is 13.7. The minimum atomic E-state index is -1.87. The zero-order chi connectivity index (χ0) is 17.1. The maximum absolute atomic E-state index is 11.5. The normalized spacial score (nSPS) is 14.0. The number of hydrogen-bond acceptors (Lipinski definition) is 2. The maximum atomic E-state index is 11.5. The van der Waals surface area contributed by atoms with Crippen LogP contribution in [0.2, 0.25) is 28.2 Å². The number of benzene rings is 1. The highest BCUT2D eigenvalue weighted by atomic mass is 35.5. The van der Waals surface area contributed by atoms with Crippen LogP contribution in [0.25, 0.3) is 0 Å². The molecule has 6 heteroatoms. The fraction of sp³-hybridized carbons (Fsp3) is 0.562. The van der Waals surface area contributed by atoms with Crippen molar-refractivity contribution in [3.8, 4) is 0 Å². The van der Waals surface area contributed by atoms with Crippen LogP contribution in [0.5, 0.6) is 0 Å². The molecule has 0 saturated heterocycles. The summed E-state index contributed by atoms with van der Waals surface area (Å²) in [4.78, 5) is 11.5. The number of carboxylic acids is 1. The molecule has 0 spiro atoms. The van der Waals surface area contributed by atoms with E-state index in [0.717, 1.165) is 0 Å². The summed E-state index contributed by atoms with van der Waals surface area (Å²) < 4.78 is 6.07. The van der Waals surface area contributed by atoms with Crippen LogP contribution in [0.4, 0.5) is 0 Å². The van der Waals surface area contributed by atoms with Crippen LogP contribution in [0, 0.1) is 0 Å². The minimum Gasteiger partial charge on any atom is -0.481 e. The topological polar surface area (TPSA) is 46.5 Å². The third-order valence-corrected chi connectivity index (χ3v) is 9.60. The Kier molecular flexibility index (Phi) is 6.51. The molecule has 0 heterocycles. The van der Waals surface area contributed by atoms with Crippen LogP contribution in [0.1, 0.15) is 38.7 Å². The lowest BCUT2D eigenvalue weighted by Gasteiger charge is -2.36. The first-order valence-electron chi connectivity index (χ1n) is 7.27. The molecule has 0 fully saturated rings. The van der Waals surface area contributed by atoms with E-state index in [0.29, 0.717) is 28.6 Å². The van der Waals surface area contributed by atoms with Crippen molar-refractivity contribution in [2.24, 2.45) is 0 Å². The van der Waals surface area contributed by atoms with Gasteiger partial charge in [-0.25, -0.2) is 0 Å². The van der Waals surface area contributed by atoms with Crippen molar-refractivity contribution in [1.82, 2.24) is 0 Å². The number of rotatable bonds is 6. The van der Waals surface area contributed by atoms with E-state index in [1.807, 2.05) is 0 Å². The highest BCUT2D eigenvalue weighted by Gasteiger charge is 2.37. The van der Waals surface area contributed by atoms with Gasteiger partial charge >= 0.3 is 5.97 Å². The lowest BCUT2D eigenvalue weighted by atomic mass is 9.96. The van der Waals surface area contributed by atoms with Gasteiger partial charge in [0.15, 0.2) is 8.32 Å². The lowest BCUT2D eigenvalue weighted by molar-refractivity contribution is -0.139. The highest BCUT2D eigenvalue weighted by Crippen LogP contribution is 2.37. The van der Waals surface area contributed by atoms with Gasteiger partial charge in [-0.1, -0.05) is 50.0 Å². The van der Waals surface area contributed by atoms with Gasteiger partial charge in [-0.15, -0.1) is 0 Å². The summed E-state index contributed by atoms with van der Waals surface area (Å²) >= 11 is 11.9. The summed E-state index contributed by atoms with van der Waals surface area (Å²) in [6.07, 6.45) is 0.416. The molecule has 1 atom stereocenters. The highest BCUT2D eigenvalue weighted by molar-refractivity contribution is 6.74. The van der Waals surface area contributed by atoms with Crippen LogP contribution in [0.15, 0.2) is 18.2 Å². The fourth-order valence-corrected chi connectivity index (χ4v) is 3.18. The molecule has 0 radical (unpaired) electrons. The Bertz CT molecular complexity index is 539. The van der Waals surface area contributed by atoms with Gasteiger partial charge in [0, 0.05) is 6.61 Å². The molecular formula is C16H24Cl2O3Si. The Balaban J connectivity index is 2.78. The Morgan fingerprint density at radius 2 is 1.86 bits per heavy atom. The van der Waals surface area contributed by atoms with Crippen molar-refractivity contribution < 1.29 is 14.3 Å². The van der Waals surface area contributed by atoms with Gasteiger partial charge < -0.3 is 9.53 Å². The molecule has 0 aliphatic carbocycles. The predicted molar refractivity (Wildman–Crippen MR) is 94.6 cm³/mol. The number of hydrogen-bond donors (Lipinski definition) is 1. The zero-order valence-corrected chi connectivity index (χ0v) is 16.3. The van der Waals surface area contributed by atoms with E-state index in [4.69, 9.17) is 27.6 Å². The van der Waals surface area contributed by atoms with E-state index in [-0.39, 0.29) is 5.04 Å². The van der Waals surface area contributed by atoms with E-state index >= 15 is 0 Å². The van der Waals surface area contributed by atoms with Gasteiger partial charge in [-0.3, -0.25) is 4.79 Å². The van der Waals surface area contributed by atoms with Crippen LogP contribution in [-0.2, 0) is 9.22 Å². The minimum absolute atomic E-state index is 0.106. The molecule has 0 amide bonds. The molecule has 22 heavy (non-hydrogen) atoms. The summed E-state index contributed by atoms with van der Waals surface area (Å²) in [7, 11) is -1.87. The maximum Gasteiger partial charge on any atom is 0.311 e. The van der Waals surface area contributed by atoms with E-state index < -0.39 is 20.2 Å². The van der Waals surface area contributed by atoms with Crippen molar-refractivity contribution in [3.63, 3.8) is 0 Å². The van der Waals surface area contributed by atoms with Gasteiger partial charge in [0.1, 0.15) is 0 Å². The number of aliphatic carboxylic acids is 1. The molecule has 1 rings (SSSR count). The van der Waals surface area contributed by atoms with Crippen LogP contribution in [-0.4, -0.2) is 26.0 Å². The van der Waals surface area contributed by atoms with E-state index in [1.54, 1.807) is 18.2 Å². The SMILES string of the molecule is CC(C)(C)[Si](C)(C)OCC[C@@H](C(=O)O)c1ccc(Cl)c(Cl)c1. The second-order valence-electron chi connectivity index (χ2n) is 6.96. The second-order valence-corrected chi connectivity index (χ2v) is 12.6. The number of carboxylic acid groups (broad SMARTS) is 1. The standard InChI is InChI=1S/C16H24Cl2O3Si/c1-16(2,3)22(4,5)21-9-8-12(15(19)20)11-6-7-13(17)14(18)10-11/h6-7,10,12H,8-9H2,1-5H3,(H,19,20)/t12-/m1/s1.